The Labute approximate surface area is 160 Å². The van der Waals surface area contributed by atoms with Crippen LogP contribution in [0.5, 0.6) is 5.75 Å². The van der Waals surface area contributed by atoms with Crippen molar-refractivity contribution in [2.75, 3.05) is 6.61 Å². The number of fused-ring (bicyclic) bond motifs is 1. The molecule has 0 bridgehead atoms. The third-order valence-electron chi connectivity index (χ3n) is 4.78. The van der Waals surface area contributed by atoms with Crippen molar-refractivity contribution in [3.63, 3.8) is 0 Å². The molecule has 1 N–H and O–H groups in total. The van der Waals surface area contributed by atoms with Gasteiger partial charge in [0.15, 0.2) is 0 Å². The van der Waals surface area contributed by atoms with E-state index < -0.39 is 29.9 Å². The van der Waals surface area contributed by atoms with Gasteiger partial charge >= 0.3 is 12.1 Å². The number of carboxylic acid groups (broad SMARTS) is 1. The zero-order valence-electron chi connectivity index (χ0n) is 15.3. The molecule has 0 fully saturated rings. The lowest BCUT2D eigenvalue weighted by atomic mass is 10.0. The summed E-state index contributed by atoms with van der Waals surface area (Å²) in [7, 11) is 0. The lowest BCUT2D eigenvalue weighted by molar-refractivity contribution is -0.140. The molecule has 150 valence electrons. The summed E-state index contributed by atoms with van der Waals surface area (Å²) in [6.07, 6.45) is -4.73. The van der Waals surface area contributed by atoms with Gasteiger partial charge in [-0.25, -0.2) is 0 Å². The van der Waals surface area contributed by atoms with Gasteiger partial charge in [0.25, 0.3) is 0 Å². The molecule has 0 saturated carbocycles. The fourth-order valence-corrected chi connectivity index (χ4v) is 3.56. The minimum absolute atomic E-state index is 0.149. The van der Waals surface area contributed by atoms with Gasteiger partial charge < -0.3 is 14.6 Å². The van der Waals surface area contributed by atoms with Crippen LogP contribution in [0, 0.1) is 0 Å². The summed E-state index contributed by atoms with van der Waals surface area (Å²) in [6.45, 7) is 2.18. The summed E-state index contributed by atoms with van der Waals surface area (Å²) in [4.78, 5) is 11.0. The average molecular weight is 394 g/mol. The molecule has 0 unspecified atom stereocenters. The Kier molecular flexibility index (Phi) is 5.93. The highest BCUT2D eigenvalue weighted by atomic mass is 19.4. The number of carboxylic acids is 1. The molecule has 1 aliphatic carbocycles. The SMILES string of the molecule is CCO[C@@H](CC(=O)O)c1ccc(O[C@H]2CCc3c2cccc3C(F)(F)F)cc1. The molecule has 28 heavy (non-hydrogen) atoms. The molecule has 0 radical (unpaired) electrons. The number of hydrogen-bond acceptors (Lipinski definition) is 3. The molecule has 0 heterocycles. The minimum atomic E-state index is -4.37. The maximum atomic E-state index is 13.2. The van der Waals surface area contributed by atoms with Crippen LogP contribution < -0.4 is 4.74 Å². The number of rotatable bonds is 7. The standard InChI is InChI=1S/C21H21F3O4/c1-2-27-19(12-20(25)26)13-6-8-14(9-7-13)28-18-11-10-15-16(18)4-3-5-17(15)21(22,23)24/h3-9,18-19H,2,10-12H2,1H3,(H,25,26)/t18-,19-/m0/s1. The first-order valence-electron chi connectivity index (χ1n) is 9.08. The molecule has 2 aromatic rings. The van der Waals surface area contributed by atoms with Gasteiger partial charge in [0.1, 0.15) is 11.9 Å². The van der Waals surface area contributed by atoms with E-state index in [1.807, 2.05) is 0 Å². The Morgan fingerprint density at radius 1 is 1.21 bits per heavy atom. The van der Waals surface area contributed by atoms with Crippen molar-refractivity contribution >= 4 is 5.97 Å². The highest BCUT2D eigenvalue weighted by Crippen LogP contribution is 2.42. The van der Waals surface area contributed by atoms with Crippen molar-refractivity contribution < 1.29 is 32.5 Å². The van der Waals surface area contributed by atoms with Crippen molar-refractivity contribution in [1.82, 2.24) is 0 Å². The molecular weight excluding hydrogens is 373 g/mol. The second-order valence-electron chi connectivity index (χ2n) is 6.63. The van der Waals surface area contributed by atoms with Crippen molar-refractivity contribution in [2.24, 2.45) is 0 Å². The number of ether oxygens (including phenoxy) is 2. The molecule has 1 aliphatic rings. The van der Waals surface area contributed by atoms with E-state index in [1.54, 1.807) is 37.3 Å². The van der Waals surface area contributed by atoms with Crippen LogP contribution in [-0.4, -0.2) is 17.7 Å². The largest absolute Gasteiger partial charge is 0.486 e. The van der Waals surface area contributed by atoms with Crippen LogP contribution in [0.1, 0.15) is 54.2 Å². The Morgan fingerprint density at radius 3 is 2.54 bits per heavy atom. The zero-order valence-corrected chi connectivity index (χ0v) is 15.3. The Bertz CT molecular complexity index is 831. The summed E-state index contributed by atoms with van der Waals surface area (Å²) in [5, 5.41) is 9.00. The third-order valence-corrected chi connectivity index (χ3v) is 4.78. The van der Waals surface area contributed by atoms with E-state index in [-0.39, 0.29) is 6.42 Å². The van der Waals surface area contributed by atoms with Crippen LogP contribution in [-0.2, 0) is 22.1 Å². The number of benzene rings is 2. The van der Waals surface area contributed by atoms with Gasteiger partial charge in [-0.2, -0.15) is 13.2 Å². The first kappa shape index (κ1) is 20.2. The highest BCUT2D eigenvalue weighted by Gasteiger charge is 2.37. The monoisotopic (exact) mass is 394 g/mol. The highest BCUT2D eigenvalue weighted by molar-refractivity contribution is 5.67. The molecule has 0 aromatic heterocycles. The third kappa shape index (κ3) is 4.47. The molecule has 7 heteroatoms. The number of halogens is 3. The molecule has 0 saturated heterocycles. The van der Waals surface area contributed by atoms with Crippen LogP contribution in [0.25, 0.3) is 0 Å². The van der Waals surface area contributed by atoms with Gasteiger partial charge in [0.2, 0.25) is 0 Å². The van der Waals surface area contributed by atoms with Crippen LogP contribution in [0.3, 0.4) is 0 Å². The van der Waals surface area contributed by atoms with E-state index in [0.29, 0.717) is 41.9 Å². The molecule has 2 atom stereocenters. The average Bonchev–Trinajstić information content (AvgIpc) is 3.04. The van der Waals surface area contributed by atoms with Crippen molar-refractivity contribution in [2.45, 2.75) is 44.6 Å². The maximum Gasteiger partial charge on any atom is 0.416 e. The van der Waals surface area contributed by atoms with Crippen molar-refractivity contribution in [3.05, 3.63) is 64.7 Å². The fraction of sp³-hybridized carbons (Fsp3) is 0.381. The van der Waals surface area contributed by atoms with E-state index in [0.717, 1.165) is 6.07 Å². The summed E-state index contributed by atoms with van der Waals surface area (Å²) < 4.78 is 50.9. The molecule has 0 amide bonds. The van der Waals surface area contributed by atoms with Gasteiger partial charge in [-0.15, -0.1) is 0 Å². The second-order valence-corrected chi connectivity index (χ2v) is 6.63. The summed E-state index contributed by atoms with van der Waals surface area (Å²) in [5.74, 6) is -0.439. The number of aliphatic carboxylic acids is 1. The minimum Gasteiger partial charge on any atom is -0.486 e. The van der Waals surface area contributed by atoms with E-state index in [9.17, 15) is 18.0 Å². The van der Waals surface area contributed by atoms with E-state index in [2.05, 4.69) is 0 Å². The molecule has 3 rings (SSSR count). The first-order chi connectivity index (χ1) is 13.3. The van der Waals surface area contributed by atoms with Gasteiger partial charge in [-0.1, -0.05) is 24.3 Å². The molecule has 2 aromatic carbocycles. The van der Waals surface area contributed by atoms with Crippen LogP contribution >= 0.6 is 0 Å². The molecule has 0 spiro atoms. The van der Waals surface area contributed by atoms with E-state index in [1.165, 1.54) is 6.07 Å². The van der Waals surface area contributed by atoms with E-state index >= 15 is 0 Å². The predicted octanol–water partition coefficient (Wildman–Crippen LogP) is 5.32. The summed E-state index contributed by atoms with van der Waals surface area (Å²) in [6, 6.07) is 11.0. The Balaban J connectivity index is 1.75. The quantitative estimate of drug-likeness (QED) is 0.690. The van der Waals surface area contributed by atoms with Crippen LogP contribution in [0.15, 0.2) is 42.5 Å². The van der Waals surface area contributed by atoms with Gasteiger partial charge in [0, 0.05) is 6.61 Å². The Morgan fingerprint density at radius 2 is 1.93 bits per heavy atom. The lowest BCUT2D eigenvalue weighted by Gasteiger charge is -2.18. The normalized spacial score (nSPS) is 17.2. The van der Waals surface area contributed by atoms with Crippen LogP contribution in [0.4, 0.5) is 13.2 Å². The predicted molar refractivity (Wildman–Crippen MR) is 96.2 cm³/mol. The van der Waals surface area contributed by atoms with Gasteiger partial charge in [-0.05, 0) is 54.7 Å². The fourth-order valence-electron chi connectivity index (χ4n) is 3.56. The first-order valence-corrected chi connectivity index (χ1v) is 9.08. The number of alkyl halides is 3. The van der Waals surface area contributed by atoms with E-state index in [4.69, 9.17) is 14.6 Å². The summed E-state index contributed by atoms with van der Waals surface area (Å²) >= 11 is 0. The Hall–Kier alpha value is -2.54. The smallest absolute Gasteiger partial charge is 0.416 e. The van der Waals surface area contributed by atoms with Crippen LogP contribution in [0.2, 0.25) is 0 Å². The van der Waals surface area contributed by atoms with Crippen molar-refractivity contribution in [3.8, 4) is 5.75 Å². The van der Waals surface area contributed by atoms with Crippen molar-refractivity contribution in [1.29, 1.82) is 0 Å². The molecule has 0 aliphatic heterocycles. The lowest BCUT2D eigenvalue weighted by Crippen LogP contribution is -2.10. The zero-order chi connectivity index (χ0) is 20.3. The second kappa shape index (κ2) is 8.22. The maximum absolute atomic E-state index is 13.2. The number of hydrogen-bond donors (Lipinski definition) is 1. The number of carbonyl (C=O) groups is 1. The van der Waals surface area contributed by atoms with Gasteiger partial charge in [0.05, 0.1) is 18.1 Å². The summed E-state index contributed by atoms with van der Waals surface area (Å²) in [5.41, 5.74) is 0.980. The topological polar surface area (TPSA) is 55.8 Å². The molecular formula is C21H21F3O4. The molecule has 4 nitrogen and oxygen atoms in total. The van der Waals surface area contributed by atoms with Gasteiger partial charge in [-0.3, -0.25) is 4.79 Å².